The molecule has 1 fully saturated rings. The molecule has 2 aliphatic rings. The molecule has 0 amide bonds. The topological polar surface area (TPSA) is 89.9 Å². The summed E-state index contributed by atoms with van der Waals surface area (Å²) in [5.41, 5.74) is 4.71. The van der Waals surface area contributed by atoms with Crippen molar-refractivity contribution in [3.8, 4) is 12.3 Å². The van der Waals surface area contributed by atoms with Crippen LogP contribution in [0.5, 0.6) is 0 Å². The van der Waals surface area contributed by atoms with E-state index in [-0.39, 0.29) is 11.6 Å². The highest BCUT2D eigenvalue weighted by Crippen LogP contribution is 2.42. The summed E-state index contributed by atoms with van der Waals surface area (Å²) in [5, 5.41) is 0. The minimum absolute atomic E-state index is 0.115. The Balaban J connectivity index is 1.42. The molecule has 262 valence electrons. The van der Waals surface area contributed by atoms with Gasteiger partial charge in [0.15, 0.2) is 12.5 Å². The van der Waals surface area contributed by atoms with Gasteiger partial charge < -0.3 is 18.9 Å². The molecule has 3 aromatic rings. The fourth-order valence-electron chi connectivity index (χ4n) is 6.98. The number of hydrogen-bond donors (Lipinski definition) is 0. The summed E-state index contributed by atoms with van der Waals surface area (Å²) in [7, 11) is 2.95. The van der Waals surface area contributed by atoms with E-state index in [4.69, 9.17) is 30.4 Å². The first kappa shape index (κ1) is 36.7. The van der Waals surface area contributed by atoms with Gasteiger partial charge in [-0.05, 0) is 56.5 Å². The fraction of sp³-hybridized carbons (Fsp3) is 0.390. The largest absolute Gasteiger partial charge is 0.462 e. The maximum absolute atomic E-state index is 14.3. The Morgan fingerprint density at radius 3 is 1.94 bits per heavy atom. The molecule has 2 aliphatic heterocycles. The number of benzene rings is 3. The lowest BCUT2D eigenvalue weighted by atomic mass is 9.74. The summed E-state index contributed by atoms with van der Waals surface area (Å²) in [4.78, 5) is 37.6. The van der Waals surface area contributed by atoms with Crippen LogP contribution in [0.1, 0.15) is 61.9 Å². The van der Waals surface area contributed by atoms with Gasteiger partial charge in [0, 0.05) is 57.6 Å². The van der Waals surface area contributed by atoms with Crippen LogP contribution in [0.2, 0.25) is 0 Å². The maximum atomic E-state index is 14.3. The number of terminal acetylenes is 1. The molecule has 0 aromatic heterocycles. The Labute approximate surface area is 295 Å². The molecule has 2 heterocycles. The van der Waals surface area contributed by atoms with Gasteiger partial charge in [-0.3, -0.25) is 19.6 Å². The standard InChI is InChI=1S/C41H47N3O6/c1-8-30-16-15-21-33(26-30)35-34(28(4)42-37(41(47-6)48-7)36(35)40(46)49-27(2)3)39(45)50-29(5)43-22-24-44(25-23-43)38(31-17-11-9-12-18-31)32-19-13-10-14-20-32/h1,9-21,26-27,29,35-36,38,41H,22-25H2,2-7H3. The predicted molar refractivity (Wildman–Crippen MR) is 193 cm³/mol. The third-order valence-corrected chi connectivity index (χ3v) is 9.29. The van der Waals surface area contributed by atoms with E-state index in [0.29, 0.717) is 35.6 Å². The molecule has 0 aliphatic carbocycles. The van der Waals surface area contributed by atoms with E-state index in [1.165, 1.54) is 25.3 Å². The zero-order valence-corrected chi connectivity index (χ0v) is 29.7. The van der Waals surface area contributed by atoms with E-state index in [1.54, 1.807) is 32.9 Å². The number of ether oxygens (including phenoxy) is 4. The zero-order valence-electron chi connectivity index (χ0n) is 29.7. The fourth-order valence-corrected chi connectivity index (χ4v) is 6.98. The molecule has 9 heteroatoms. The molecular weight excluding hydrogens is 630 g/mol. The van der Waals surface area contributed by atoms with Crippen molar-refractivity contribution in [3.05, 3.63) is 118 Å². The highest BCUT2D eigenvalue weighted by atomic mass is 16.7. The maximum Gasteiger partial charge on any atom is 0.338 e. The van der Waals surface area contributed by atoms with Crippen molar-refractivity contribution in [2.75, 3.05) is 40.4 Å². The second-order valence-electron chi connectivity index (χ2n) is 12.9. The summed E-state index contributed by atoms with van der Waals surface area (Å²) >= 11 is 0. The number of aliphatic imine (C=N–C) groups is 1. The summed E-state index contributed by atoms with van der Waals surface area (Å²) in [6, 6.07) is 28.4. The third-order valence-electron chi connectivity index (χ3n) is 9.29. The normalized spacial score (nSPS) is 19.3. The molecular formula is C41H47N3O6. The number of methoxy groups -OCH3 is 2. The van der Waals surface area contributed by atoms with Crippen LogP contribution in [0.4, 0.5) is 0 Å². The Morgan fingerprint density at radius 2 is 1.40 bits per heavy atom. The summed E-state index contributed by atoms with van der Waals surface area (Å²) < 4.78 is 23.1. The molecule has 3 aromatic carbocycles. The second-order valence-corrected chi connectivity index (χ2v) is 12.9. The van der Waals surface area contributed by atoms with E-state index < -0.39 is 42.4 Å². The van der Waals surface area contributed by atoms with E-state index in [2.05, 4.69) is 64.3 Å². The Kier molecular flexibility index (Phi) is 12.4. The molecule has 50 heavy (non-hydrogen) atoms. The summed E-state index contributed by atoms with van der Waals surface area (Å²) in [5.74, 6) is -0.299. The quantitative estimate of drug-likeness (QED) is 0.132. The van der Waals surface area contributed by atoms with E-state index >= 15 is 0 Å². The van der Waals surface area contributed by atoms with E-state index in [1.807, 2.05) is 31.2 Å². The van der Waals surface area contributed by atoms with Crippen LogP contribution in [0.3, 0.4) is 0 Å². The Bertz CT molecular complexity index is 1680. The number of carbonyl (C=O) groups excluding carboxylic acids is 2. The molecule has 0 spiro atoms. The average molecular weight is 678 g/mol. The zero-order chi connectivity index (χ0) is 35.8. The lowest BCUT2D eigenvalue weighted by Crippen LogP contribution is -2.52. The number of carbonyl (C=O) groups is 2. The van der Waals surface area contributed by atoms with Crippen LogP contribution >= 0.6 is 0 Å². The second kappa shape index (κ2) is 16.9. The molecule has 0 radical (unpaired) electrons. The molecule has 9 nitrogen and oxygen atoms in total. The highest BCUT2D eigenvalue weighted by molar-refractivity contribution is 6.09. The smallest absolute Gasteiger partial charge is 0.338 e. The molecule has 0 saturated carbocycles. The van der Waals surface area contributed by atoms with Crippen molar-refractivity contribution in [1.82, 2.24) is 9.80 Å². The number of rotatable bonds is 12. The number of allylic oxidation sites excluding steroid dienone is 1. The van der Waals surface area contributed by atoms with Gasteiger partial charge in [-0.15, -0.1) is 6.42 Å². The predicted octanol–water partition coefficient (Wildman–Crippen LogP) is 5.96. The van der Waals surface area contributed by atoms with Crippen molar-refractivity contribution in [2.45, 2.75) is 58.3 Å². The van der Waals surface area contributed by atoms with Gasteiger partial charge in [0.05, 0.1) is 23.4 Å². The minimum Gasteiger partial charge on any atom is -0.462 e. The summed E-state index contributed by atoms with van der Waals surface area (Å²) in [6.45, 7) is 10.1. The van der Waals surface area contributed by atoms with Gasteiger partial charge in [0.1, 0.15) is 5.92 Å². The minimum atomic E-state index is -1.03. The molecule has 3 atom stereocenters. The van der Waals surface area contributed by atoms with E-state index in [9.17, 15) is 9.59 Å². The summed E-state index contributed by atoms with van der Waals surface area (Å²) in [6.07, 6.45) is 3.88. The van der Waals surface area contributed by atoms with Gasteiger partial charge in [-0.1, -0.05) is 78.7 Å². The Morgan fingerprint density at radius 1 is 0.820 bits per heavy atom. The number of nitrogens with zero attached hydrogens (tertiary/aromatic N) is 3. The third kappa shape index (κ3) is 8.23. The average Bonchev–Trinajstić information content (AvgIpc) is 3.12. The molecule has 3 unspecified atom stereocenters. The first-order chi connectivity index (χ1) is 24.2. The van der Waals surface area contributed by atoms with Crippen LogP contribution in [0.15, 0.2) is 101 Å². The van der Waals surface area contributed by atoms with Crippen LogP contribution in [-0.4, -0.2) is 86.5 Å². The highest BCUT2D eigenvalue weighted by Gasteiger charge is 2.47. The van der Waals surface area contributed by atoms with Gasteiger partial charge in [-0.2, -0.15) is 0 Å². The first-order valence-corrected chi connectivity index (χ1v) is 17.1. The molecule has 1 saturated heterocycles. The van der Waals surface area contributed by atoms with Crippen molar-refractivity contribution in [2.24, 2.45) is 10.9 Å². The van der Waals surface area contributed by atoms with Crippen LogP contribution in [0.25, 0.3) is 0 Å². The van der Waals surface area contributed by atoms with Crippen LogP contribution in [-0.2, 0) is 28.5 Å². The number of hydrogen-bond acceptors (Lipinski definition) is 9. The lowest BCUT2D eigenvalue weighted by Gasteiger charge is -2.41. The molecule has 5 rings (SSSR count). The molecule has 0 bridgehead atoms. The van der Waals surface area contributed by atoms with Crippen LogP contribution in [0, 0.1) is 18.3 Å². The van der Waals surface area contributed by atoms with Gasteiger partial charge >= 0.3 is 11.9 Å². The lowest BCUT2D eigenvalue weighted by molar-refractivity contribution is -0.155. The monoisotopic (exact) mass is 677 g/mol. The van der Waals surface area contributed by atoms with Crippen LogP contribution < -0.4 is 0 Å². The van der Waals surface area contributed by atoms with Gasteiger partial charge in [0.2, 0.25) is 0 Å². The SMILES string of the molecule is C#Cc1cccc(C2C(C(=O)OC(C)N3CCN(C(c4ccccc4)c4ccccc4)CC3)=C(C)N=C(C(OC)OC)C2C(=O)OC(C)C)c1. The van der Waals surface area contributed by atoms with Gasteiger partial charge in [0.25, 0.3) is 0 Å². The van der Waals surface area contributed by atoms with Crippen molar-refractivity contribution >= 4 is 17.7 Å². The number of esters is 2. The van der Waals surface area contributed by atoms with Crippen molar-refractivity contribution < 1.29 is 28.5 Å². The molecule has 0 N–H and O–H groups in total. The van der Waals surface area contributed by atoms with Gasteiger partial charge in [-0.25, -0.2) is 4.79 Å². The number of piperazine rings is 1. The van der Waals surface area contributed by atoms with Crippen molar-refractivity contribution in [1.29, 1.82) is 0 Å². The first-order valence-electron chi connectivity index (χ1n) is 17.1. The Hall–Kier alpha value is -4.59. The van der Waals surface area contributed by atoms with E-state index in [0.717, 1.165) is 13.1 Å². The van der Waals surface area contributed by atoms with Crippen molar-refractivity contribution in [3.63, 3.8) is 0 Å².